The minimum Gasteiger partial charge on any atom is -0.374 e. The second-order valence-corrected chi connectivity index (χ2v) is 5.00. The van der Waals surface area contributed by atoms with Gasteiger partial charge in [0, 0.05) is 19.1 Å². The van der Waals surface area contributed by atoms with E-state index < -0.39 is 0 Å². The lowest BCUT2D eigenvalue weighted by Gasteiger charge is -2.36. The maximum Gasteiger partial charge on any atom is 0.0853 e. The molecule has 1 aliphatic rings. The van der Waals surface area contributed by atoms with Gasteiger partial charge in [0.25, 0.3) is 0 Å². The van der Waals surface area contributed by atoms with Crippen LogP contribution in [0, 0.1) is 5.92 Å². The van der Waals surface area contributed by atoms with Gasteiger partial charge in [0.2, 0.25) is 0 Å². The van der Waals surface area contributed by atoms with Crippen LogP contribution in [0.4, 0.5) is 0 Å². The molecule has 0 aromatic heterocycles. The average Bonchev–Trinajstić information content (AvgIpc) is 2.17. The first-order valence-corrected chi connectivity index (χ1v) is 6.23. The molecule has 3 nitrogen and oxygen atoms in total. The smallest absolute Gasteiger partial charge is 0.0853 e. The first-order chi connectivity index (χ1) is 7.13. The topological polar surface area (TPSA) is 38.5 Å². The predicted molar refractivity (Wildman–Crippen MR) is 63.9 cm³/mol. The Morgan fingerprint density at radius 3 is 2.80 bits per heavy atom. The highest BCUT2D eigenvalue weighted by Crippen LogP contribution is 2.13. The van der Waals surface area contributed by atoms with E-state index in [0.29, 0.717) is 5.92 Å². The summed E-state index contributed by atoms with van der Waals surface area (Å²) < 4.78 is 5.75. The summed E-state index contributed by atoms with van der Waals surface area (Å²) in [4.78, 5) is 2.47. The van der Waals surface area contributed by atoms with E-state index in [9.17, 15) is 0 Å². The normalized spacial score (nSPS) is 25.8. The highest BCUT2D eigenvalue weighted by Gasteiger charge is 2.25. The summed E-state index contributed by atoms with van der Waals surface area (Å²) in [5, 5.41) is 0. The third kappa shape index (κ3) is 4.49. The van der Waals surface area contributed by atoms with Gasteiger partial charge in [-0.25, -0.2) is 0 Å². The van der Waals surface area contributed by atoms with E-state index in [-0.39, 0.29) is 12.1 Å². The Labute approximate surface area is 94.0 Å². The Hall–Kier alpha value is -0.120. The summed E-state index contributed by atoms with van der Waals surface area (Å²) >= 11 is 0. The molecular formula is C12H26N2O. The average molecular weight is 214 g/mol. The summed E-state index contributed by atoms with van der Waals surface area (Å²) in [5.41, 5.74) is 6.16. The zero-order chi connectivity index (χ0) is 11.3. The van der Waals surface area contributed by atoms with E-state index in [1.807, 2.05) is 0 Å². The van der Waals surface area contributed by atoms with Gasteiger partial charge in [0.1, 0.15) is 0 Å². The van der Waals surface area contributed by atoms with Crippen molar-refractivity contribution in [3.8, 4) is 0 Å². The van der Waals surface area contributed by atoms with Crippen molar-refractivity contribution in [1.29, 1.82) is 0 Å². The largest absolute Gasteiger partial charge is 0.374 e. The number of ether oxygens (including phenoxy) is 1. The van der Waals surface area contributed by atoms with Crippen molar-refractivity contribution in [3.05, 3.63) is 0 Å². The van der Waals surface area contributed by atoms with Crippen molar-refractivity contribution >= 4 is 0 Å². The summed E-state index contributed by atoms with van der Waals surface area (Å²) in [6, 6.07) is 0.199. The van der Waals surface area contributed by atoms with Crippen LogP contribution in [0.1, 0.15) is 33.6 Å². The zero-order valence-corrected chi connectivity index (χ0v) is 10.4. The minimum absolute atomic E-state index is 0.199. The van der Waals surface area contributed by atoms with Crippen LogP contribution in [-0.4, -0.2) is 43.3 Å². The Balaban J connectivity index is 2.34. The van der Waals surface area contributed by atoms with Gasteiger partial charge >= 0.3 is 0 Å². The van der Waals surface area contributed by atoms with Crippen LogP contribution in [-0.2, 0) is 4.74 Å². The lowest BCUT2D eigenvalue weighted by Crippen LogP contribution is -2.51. The van der Waals surface area contributed by atoms with Crippen LogP contribution in [0.25, 0.3) is 0 Å². The molecule has 2 unspecified atom stereocenters. The van der Waals surface area contributed by atoms with Gasteiger partial charge in [0.15, 0.2) is 0 Å². The standard InChI is InChI=1S/C12H26N2O/c1-4-5-14-6-7-15-12(9-14)11(13)8-10(2)3/h10-12H,4-9,13H2,1-3H3. The van der Waals surface area contributed by atoms with Crippen molar-refractivity contribution < 1.29 is 4.74 Å². The van der Waals surface area contributed by atoms with Gasteiger partial charge < -0.3 is 10.5 Å². The molecule has 3 heteroatoms. The molecule has 0 bridgehead atoms. The van der Waals surface area contributed by atoms with Gasteiger partial charge in [-0.3, -0.25) is 4.90 Å². The number of morpholine rings is 1. The van der Waals surface area contributed by atoms with Crippen LogP contribution < -0.4 is 5.73 Å². The maximum absolute atomic E-state index is 6.16. The minimum atomic E-state index is 0.199. The fourth-order valence-corrected chi connectivity index (χ4v) is 2.21. The molecule has 15 heavy (non-hydrogen) atoms. The monoisotopic (exact) mass is 214 g/mol. The molecule has 0 saturated carbocycles. The summed E-state index contributed by atoms with van der Waals surface area (Å²) in [6.07, 6.45) is 2.52. The van der Waals surface area contributed by atoms with E-state index in [2.05, 4.69) is 25.7 Å². The van der Waals surface area contributed by atoms with Crippen molar-refractivity contribution in [1.82, 2.24) is 4.90 Å². The molecular weight excluding hydrogens is 188 g/mol. The molecule has 2 atom stereocenters. The number of nitrogens with two attached hydrogens (primary N) is 1. The second kappa shape index (κ2) is 6.46. The van der Waals surface area contributed by atoms with Crippen molar-refractivity contribution in [3.63, 3.8) is 0 Å². The van der Waals surface area contributed by atoms with Crippen molar-refractivity contribution in [2.45, 2.75) is 45.8 Å². The number of hydrogen-bond donors (Lipinski definition) is 1. The molecule has 0 aromatic rings. The predicted octanol–water partition coefficient (Wildman–Crippen LogP) is 1.47. The van der Waals surface area contributed by atoms with Crippen molar-refractivity contribution in [2.24, 2.45) is 11.7 Å². The highest BCUT2D eigenvalue weighted by molar-refractivity contribution is 4.81. The maximum atomic E-state index is 6.16. The van der Waals surface area contributed by atoms with Crippen LogP contribution in [0.3, 0.4) is 0 Å². The number of rotatable bonds is 5. The molecule has 1 saturated heterocycles. The van der Waals surface area contributed by atoms with E-state index in [1.165, 1.54) is 13.0 Å². The second-order valence-electron chi connectivity index (χ2n) is 5.00. The van der Waals surface area contributed by atoms with Gasteiger partial charge in [-0.15, -0.1) is 0 Å². The SMILES string of the molecule is CCCN1CCOC(C(N)CC(C)C)C1. The van der Waals surface area contributed by atoms with Gasteiger partial charge in [-0.2, -0.15) is 0 Å². The molecule has 1 aliphatic heterocycles. The molecule has 1 fully saturated rings. The zero-order valence-electron chi connectivity index (χ0n) is 10.4. The molecule has 0 aliphatic carbocycles. The third-order valence-corrected chi connectivity index (χ3v) is 2.94. The Kier molecular flexibility index (Phi) is 5.58. The van der Waals surface area contributed by atoms with Gasteiger partial charge in [-0.1, -0.05) is 20.8 Å². The first kappa shape index (κ1) is 12.9. The number of hydrogen-bond acceptors (Lipinski definition) is 3. The van der Waals surface area contributed by atoms with Crippen LogP contribution in [0.2, 0.25) is 0 Å². The fourth-order valence-electron chi connectivity index (χ4n) is 2.21. The summed E-state index contributed by atoms with van der Waals surface area (Å²) in [5.74, 6) is 0.658. The molecule has 2 N–H and O–H groups in total. The molecule has 0 aromatic carbocycles. The van der Waals surface area contributed by atoms with Gasteiger partial charge in [-0.05, 0) is 25.3 Å². The van der Waals surface area contributed by atoms with E-state index in [4.69, 9.17) is 10.5 Å². The number of nitrogens with zero attached hydrogens (tertiary/aromatic N) is 1. The first-order valence-electron chi connectivity index (χ1n) is 6.23. The Morgan fingerprint density at radius 1 is 1.47 bits per heavy atom. The lowest BCUT2D eigenvalue weighted by atomic mass is 9.99. The molecule has 0 amide bonds. The summed E-state index contributed by atoms with van der Waals surface area (Å²) in [7, 11) is 0. The van der Waals surface area contributed by atoms with E-state index in [1.54, 1.807) is 0 Å². The molecule has 0 radical (unpaired) electrons. The van der Waals surface area contributed by atoms with E-state index in [0.717, 1.165) is 26.1 Å². The highest BCUT2D eigenvalue weighted by atomic mass is 16.5. The molecule has 90 valence electrons. The lowest BCUT2D eigenvalue weighted by molar-refractivity contribution is -0.0428. The molecule has 1 rings (SSSR count). The molecule has 0 spiro atoms. The van der Waals surface area contributed by atoms with Crippen LogP contribution in [0.15, 0.2) is 0 Å². The van der Waals surface area contributed by atoms with E-state index >= 15 is 0 Å². The van der Waals surface area contributed by atoms with Crippen molar-refractivity contribution in [2.75, 3.05) is 26.2 Å². The fraction of sp³-hybridized carbons (Fsp3) is 1.00. The Bertz CT molecular complexity index is 171. The van der Waals surface area contributed by atoms with Crippen LogP contribution >= 0.6 is 0 Å². The third-order valence-electron chi connectivity index (χ3n) is 2.94. The quantitative estimate of drug-likeness (QED) is 0.753. The molecule has 1 heterocycles. The van der Waals surface area contributed by atoms with Crippen LogP contribution in [0.5, 0.6) is 0 Å². The van der Waals surface area contributed by atoms with Gasteiger partial charge in [0.05, 0.1) is 12.7 Å². The Morgan fingerprint density at radius 2 is 2.20 bits per heavy atom. The summed E-state index contributed by atoms with van der Waals surface area (Å²) in [6.45, 7) is 10.8.